The molecule has 0 amide bonds. The van der Waals surface area contributed by atoms with E-state index in [9.17, 15) is 0 Å². The van der Waals surface area contributed by atoms with Crippen molar-refractivity contribution in [3.05, 3.63) is 0 Å². The van der Waals surface area contributed by atoms with Gasteiger partial charge < -0.3 is 10.2 Å². The van der Waals surface area contributed by atoms with Gasteiger partial charge in [-0.2, -0.15) is 0 Å². The van der Waals surface area contributed by atoms with Gasteiger partial charge in [0.15, 0.2) is 0 Å². The second kappa shape index (κ2) is 9.44. The fourth-order valence-corrected chi connectivity index (χ4v) is 2.32. The van der Waals surface area contributed by atoms with E-state index >= 15 is 0 Å². The normalized spacial score (nSPS) is 21.4. The fraction of sp³-hybridized carbons (Fsp3) is 1.00. The molecule has 15 heavy (non-hydrogen) atoms. The van der Waals surface area contributed by atoms with Gasteiger partial charge in [0, 0.05) is 12.6 Å². The van der Waals surface area contributed by atoms with Crippen molar-refractivity contribution in [1.29, 1.82) is 0 Å². The molecular formula is C12H27ClN2. The lowest BCUT2D eigenvalue weighted by atomic mass is 10.0. The van der Waals surface area contributed by atoms with Crippen molar-refractivity contribution in [1.82, 2.24) is 10.2 Å². The lowest BCUT2D eigenvalue weighted by molar-refractivity contribution is 0.224. The Morgan fingerprint density at radius 1 is 1.13 bits per heavy atom. The molecular weight excluding hydrogens is 208 g/mol. The summed E-state index contributed by atoms with van der Waals surface area (Å²) in [5.41, 5.74) is 0. The standard InChI is InChI=1S/C12H26N2.ClH/c1-3-9-14(10-4-2)11-12-7-5-6-8-13-12;/h12-13H,3-11H2,1-2H3;1H. The molecule has 0 radical (unpaired) electrons. The summed E-state index contributed by atoms with van der Waals surface area (Å²) in [5.74, 6) is 0. The summed E-state index contributed by atoms with van der Waals surface area (Å²) >= 11 is 0. The minimum absolute atomic E-state index is 0. The third-order valence-electron chi connectivity index (χ3n) is 2.97. The molecule has 1 aliphatic heterocycles. The van der Waals surface area contributed by atoms with Crippen LogP contribution in [0.15, 0.2) is 0 Å². The van der Waals surface area contributed by atoms with Gasteiger partial charge in [-0.15, -0.1) is 12.4 Å². The molecule has 3 heteroatoms. The first-order chi connectivity index (χ1) is 6.86. The smallest absolute Gasteiger partial charge is 0.0195 e. The lowest BCUT2D eigenvalue weighted by Crippen LogP contribution is -2.44. The van der Waals surface area contributed by atoms with E-state index < -0.39 is 0 Å². The third kappa shape index (κ3) is 6.39. The van der Waals surface area contributed by atoms with Crippen molar-refractivity contribution >= 4 is 12.4 Å². The van der Waals surface area contributed by atoms with Crippen molar-refractivity contribution < 1.29 is 0 Å². The van der Waals surface area contributed by atoms with Gasteiger partial charge in [-0.05, 0) is 45.3 Å². The van der Waals surface area contributed by atoms with Crippen molar-refractivity contribution in [2.45, 2.75) is 52.0 Å². The number of rotatable bonds is 6. The summed E-state index contributed by atoms with van der Waals surface area (Å²) in [6.45, 7) is 9.59. The zero-order chi connectivity index (χ0) is 10.2. The molecule has 1 atom stereocenters. The summed E-state index contributed by atoms with van der Waals surface area (Å²) < 4.78 is 0. The monoisotopic (exact) mass is 234 g/mol. The van der Waals surface area contributed by atoms with Gasteiger partial charge in [0.25, 0.3) is 0 Å². The highest BCUT2D eigenvalue weighted by Crippen LogP contribution is 2.09. The molecule has 1 fully saturated rings. The average molecular weight is 235 g/mol. The third-order valence-corrected chi connectivity index (χ3v) is 2.97. The molecule has 0 aromatic rings. The highest BCUT2D eigenvalue weighted by molar-refractivity contribution is 5.85. The molecule has 0 aromatic carbocycles. The summed E-state index contributed by atoms with van der Waals surface area (Å²) in [6.07, 6.45) is 6.74. The molecule has 0 aromatic heterocycles. The second-order valence-electron chi connectivity index (χ2n) is 4.45. The Bertz CT molecular complexity index is 130. The maximum Gasteiger partial charge on any atom is 0.0195 e. The van der Waals surface area contributed by atoms with Crippen molar-refractivity contribution in [3.63, 3.8) is 0 Å². The number of nitrogens with zero attached hydrogens (tertiary/aromatic N) is 1. The Labute approximate surface area is 101 Å². The number of piperidine rings is 1. The topological polar surface area (TPSA) is 15.3 Å². The predicted molar refractivity (Wildman–Crippen MR) is 69.9 cm³/mol. The van der Waals surface area contributed by atoms with Crippen LogP contribution in [0.3, 0.4) is 0 Å². The highest BCUT2D eigenvalue weighted by Gasteiger charge is 2.15. The van der Waals surface area contributed by atoms with Crippen LogP contribution < -0.4 is 5.32 Å². The quantitative estimate of drug-likeness (QED) is 0.760. The van der Waals surface area contributed by atoms with Gasteiger partial charge in [0.05, 0.1) is 0 Å². The van der Waals surface area contributed by atoms with Crippen molar-refractivity contribution in [2.75, 3.05) is 26.2 Å². The lowest BCUT2D eigenvalue weighted by Gasteiger charge is -2.30. The molecule has 1 N–H and O–H groups in total. The molecule has 1 aliphatic rings. The van der Waals surface area contributed by atoms with E-state index in [1.807, 2.05) is 0 Å². The average Bonchev–Trinajstić information content (AvgIpc) is 2.20. The zero-order valence-corrected chi connectivity index (χ0v) is 11.1. The number of hydrogen-bond acceptors (Lipinski definition) is 2. The molecule has 1 saturated heterocycles. The Kier molecular flexibility index (Phi) is 9.57. The maximum absolute atomic E-state index is 3.62. The molecule has 1 heterocycles. The van der Waals surface area contributed by atoms with Crippen LogP contribution >= 0.6 is 12.4 Å². The molecule has 1 unspecified atom stereocenters. The molecule has 0 saturated carbocycles. The molecule has 0 bridgehead atoms. The van der Waals surface area contributed by atoms with Crippen LogP contribution in [0.2, 0.25) is 0 Å². The van der Waals surface area contributed by atoms with Crippen LogP contribution in [0.1, 0.15) is 46.0 Å². The van der Waals surface area contributed by atoms with E-state index in [4.69, 9.17) is 0 Å². The number of halogens is 1. The van der Waals surface area contributed by atoms with E-state index in [-0.39, 0.29) is 12.4 Å². The van der Waals surface area contributed by atoms with Crippen LogP contribution in [0.4, 0.5) is 0 Å². The Balaban J connectivity index is 0.00000196. The van der Waals surface area contributed by atoms with E-state index in [1.165, 1.54) is 58.3 Å². The van der Waals surface area contributed by atoms with E-state index in [1.54, 1.807) is 0 Å². The van der Waals surface area contributed by atoms with Gasteiger partial charge in [-0.3, -0.25) is 0 Å². The Hall–Kier alpha value is 0.210. The summed E-state index contributed by atoms with van der Waals surface area (Å²) in [5, 5.41) is 3.62. The maximum atomic E-state index is 3.62. The molecule has 2 nitrogen and oxygen atoms in total. The van der Waals surface area contributed by atoms with Crippen LogP contribution in [-0.2, 0) is 0 Å². The molecule has 0 aliphatic carbocycles. The van der Waals surface area contributed by atoms with Crippen molar-refractivity contribution in [2.24, 2.45) is 0 Å². The van der Waals surface area contributed by atoms with Crippen molar-refractivity contribution in [3.8, 4) is 0 Å². The molecule has 0 spiro atoms. The number of nitrogens with one attached hydrogen (secondary N) is 1. The first-order valence-corrected chi connectivity index (χ1v) is 6.32. The number of hydrogen-bond donors (Lipinski definition) is 1. The minimum atomic E-state index is 0. The van der Waals surface area contributed by atoms with Gasteiger partial charge in [0.1, 0.15) is 0 Å². The summed E-state index contributed by atoms with van der Waals surface area (Å²) in [7, 11) is 0. The summed E-state index contributed by atoms with van der Waals surface area (Å²) in [6, 6.07) is 0.766. The van der Waals surface area contributed by atoms with Crippen LogP contribution in [0.5, 0.6) is 0 Å². The van der Waals surface area contributed by atoms with Gasteiger partial charge in [0.2, 0.25) is 0 Å². The van der Waals surface area contributed by atoms with E-state index in [0.717, 1.165) is 6.04 Å². The first kappa shape index (κ1) is 15.2. The largest absolute Gasteiger partial charge is 0.313 e. The predicted octanol–water partition coefficient (Wildman–Crippen LogP) is 2.67. The SMILES string of the molecule is CCCN(CCC)CC1CCCCN1.Cl. The molecule has 1 rings (SSSR count). The fourth-order valence-electron chi connectivity index (χ4n) is 2.32. The van der Waals surface area contributed by atoms with Crippen LogP contribution in [-0.4, -0.2) is 37.1 Å². The van der Waals surface area contributed by atoms with Crippen LogP contribution in [0.25, 0.3) is 0 Å². The molecule has 92 valence electrons. The van der Waals surface area contributed by atoms with Gasteiger partial charge in [-0.1, -0.05) is 20.3 Å². The van der Waals surface area contributed by atoms with E-state index in [0.29, 0.717) is 0 Å². The van der Waals surface area contributed by atoms with E-state index in [2.05, 4.69) is 24.1 Å². The second-order valence-corrected chi connectivity index (χ2v) is 4.45. The van der Waals surface area contributed by atoms with Crippen LogP contribution in [0, 0.1) is 0 Å². The minimum Gasteiger partial charge on any atom is -0.313 e. The Morgan fingerprint density at radius 3 is 2.27 bits per heavy atom. The first-order valence-electron chi connectivity index (χ1n) is 6.32. The summed E-state index contributed by atoms with van der Waals surface area (Å²) in [4.78, 5) is 2.61. The van der Waals surface area contributed by atoms with Gasteiger partial charge in [-0.25, -0.2) is 0 Å². The van der Waals surface area contributed by atoms with Gasteiger partial charge >= 0.3 is 0 Å². The zero-order valence-electron chi connectivity index (χ0n) is 10.3. The highest BCUT2D eigenvalue weighted by atomic mass is 35.5. The Morgan fingerprint density at radius 2 is 1.80 bits per heavy atom.